The maximum absolute atomic E-state index is 13.2. The lowest BCUT2D eigenvalue weighted by atomic mass is 9.94. The van der Waals surface area contributed by atoms with Crippen molar-refractivity contribution in [3.63, 3.8) is 0 Å². The van der Waals surface area contributed by atoms with Crippen LogP contribution in [0.5, 0.6) is 5.75 Å². The third kappa shape index (κ3) is 5.75. The summed E-state index contributed by atoms with van der Waals surface area (Å²) in [5, 5.41) is 11.3. The Morgan fingerprint density at radius 1 is 0.973 bits per heavy atom. The molecular weight excluding hydrogens is 466 g/mol. The van der Waals surface area contributed by atoms with Crippen LogP contribution in [0.3, 0.4) is 0 Å². The van der Waals surface area contributed by atoms with Gasteiger partial charge in [0.1, 0.15) is 18.1 Å². The van der Waals surface area contributed by atoms with Gasteiger partial charge in [-0.1, -0.05) is 55.5 Å². The number of likely N-dealkylation sites (tertiary alicyclic amines) is 1. The monoisotopic (exact) mass is 499 g/mol. The van der Waals surface area contributed by atoms with Crippen LogP contribution in [0.4, 0.5) is 0 Å². The third-order valence-corrected chi connectivity index (χ3v) is 6.77. The number of aryl methyl sites for hydroxylation is 2. The van der Waals surface area contributed by atoms with Crippen molar-refractivity contribution >= 4 is 17.4 Å². The van der Waals surface area contributed by atoms with Gasteiger partial charge in [-0.25, -0.2) is 0 Å². The highest BCUT2D eigenvalue weighted by molar-refractivity contribution is 6.46. The number of hydrogen-bond acceptors (Lipinski definition) is 5. The van der Waals surface area contributed by atoms with Gasteiger partial charge >= 0.3 is 0 Å². The van der Waals surface area contributed by atoms with Crippen molar-refractivity contribution in [1.29, 1.82) is 0 Å². The molecule has 1 atom stereocenters. The number of aliphatic hydroxyl groups is 1. The van der Waals surface area contributed by atoms with Crippen LogP contribution in [0.1, 0.15) is 47.2 Å². The smallest absolute Gasteiger partial charge is 0.295 e. The zero-order valence-electron chi connectivity index (χ0n) is 21.6. The molecule has 1 unspecified atom stereocenters. The summed E-state index contributed by atoms with van der Waals surface area (Å²) in [6.45, 7) is 5.35. The van der Waals surface area contributed by atoms with Crippen LogP contribution in [-0.4, -0.2) is 42.0 Å². The second kappa shape index (κ2) is 11.9. The highest BCUT2D eigenvalue weighted by Crippen LogP contribution is 2.39. The van der Waals surface area contributed by atoms with Gasteiger partial charge in [-0.15, -0.1) is 0 Å². The van der Waals surface area contributed by atoms with Gasteiger partial charge in [0.15, 0.2) is 0 Å². The fraction of sp³-hybridized carbons (Fsp3) is 0.290. The zero-order chi connectivity index (χ0) is 26.4. The van der Waals surface area contributed by atoms with Gasteiger partial charge in [-0.05, 0) is 66.3 Å². The molecule has 1 saturated heterocycles. The maximum Gasteiger partial charge on any atom is 0.295 e. The number of nitrogens with zero attached hydrogens (tertiary/aromatic N) is 1. The first-order valence-electron chi connectivity index (χ1n) is 12.6. The van der Waals surface area contributed by atoms with E-state index in [1.165, 1.54) is 4.90 Å². The minimum Gasteiger partial charge on any atom is -0.507 e. The molecule has 6 nitrogen and oxygen atoms in total. The molecule has 0 aromatic heterocycles. The summed E-state index contributed by atoms with van der Waals surface area (Å²) in [7, 11) is 1.60. The normalized spacial score (nSPS) is 16.8. The number of ketones is 1. The number of rotatable bonds is 10. The molecule has 0 radical (unpaired) electrons. The van der Waals surface area contributed by atoms with Crippen LogP contribution in [0.2, 0.25) is 0 Å². The predicted molar refractivity (Wildman–Crippen MR) is 143 cm³/mol. The Hall–Kier alpha value is -3.90. The third-order valence-electron chi connectivity index (χ3n) is 6.77. The van der Waals surface area contributed by atoms with Gasteiger partial charge in [0, 0.05) is 25.8 Å². The van der Waals surface area contributed by atoms with E-state index in [0.717, 1.165) is 28.7 Å². The van der Waals surface area contributed by atoms with Gasteiger partial charge < -0.3 is 19.5 Å². The van der Waals surface area contributed by atoms with Crippen LogP contribution < -0.4 is 4.74 Å². The van der Waals surface area contributed by atoms with Crippen LogP contribution in [0.15, 0.2) is 78.4 Å². The van der Waals surface area contributed by atoms with Crippen molar-refractivity contribution in [3.8, 4) is 5.75 Å². The summed E-state index contributed by atoms with van der Waals surface area (Å²) >= 11 is 0. The van der Waals surface area contributed by atoms with Crippen LogP contribution in [0, 0.1) is 6.92 Å². The largest absolute Gasteiger partial charge is 0.507 e. The Labute approximate surface area is 218 Å². The van der Waals surface area contributed by atoms with E-state index in [1.54, 1.807) is 31.4 Å². The lowest BCUT2D eigenvalue weighted by Gasteiger charge is -2.25. The molecule has 1 aliphatic heterocycles. The number of benzene rings is 3. The molecule has 1 heterocycles. The average molecular weight is 500 g/mol. The molecule has 0 aliphatic carbocycles. The van der Waals surface area contributed by atoms with E-state index in [1.807, 2.05) is 55.5 Å². The van der Waals surface area contributed by atoms with Crippen molar-refractivity contribution in [2.75, 3.05) is 20.3 Å². The molecule has 1 N–H and O–H groups in total. The number of methoxy groups -OCH3 is 1. The van der Waals surface area contributed by atoms with Gasteiger partial charge in [-0.2, -0.15) is 0 Å². The average Bonchev–Trinajstić information content (AvgIpc) is 3.18. The number of ether oxygens (including phenoxy) is 2. The van der Waals surface area contributed by atoms with Gasteiger partial charge in [0.05, 0.1) is 11.6 Å². The Bertz CT molecular complexity index is 1280. The quantitative estimate of drug-likeness (QED) is 0.170. The topological polar surface area (TPSA) is 76.1 Å². The zero-order valence-corrected chi connectivity index (χ0v) is 21.6. The van der Waals surface area contributed by atoms with Gasteiger partial charge in [-0.3, -0.25) is 9.59 Å². The lowest BCUT2D eigenvalue weighted by molar-refractivity contribution is -0.140. The molecule has 3 aromatic carbocycles. The molecule has 1 amide bonds. The molecule has 6 heteroatoms. The first-order valence-corrected chi connectivity index (χ1v) is 12.6. The molecule has 0 saturated carbocycles. The van der Waals surface area contributed by atoms with Crippen LogP contribution in [-0.2, 0) is 27.4 Å². The van der Waals surface area contributed by atoms with Crippen molar-refractivity contribution in [3.05, 3.63) is 106 Å². The number of amides is 1. The minimum absolute atomic E-state index is 0.0974. The maximum atomic E-state index is 13.2. The number of carbonyl (C=O) groups excluding carboxylic acids is 2. The molecule has 1 aliphatic rings. The summed E-state index contributed by atoms with van der Waals surface area (Å²) in [5.74, 6) is -0.839. The number of Topliss-reactive ketones (excluding diaryl/α,β-unsaturated/α-hetero) is 1. The first-order chi connectivity index (χ1) is 17.9. The van der Waals surface area contributed by atoms with E-state index < -0.39 is 17.7 Å². The fourth-order valence-electron chi connectivity index (χ4n) is 4.57. The fourth-order valence-corrected chi connectivity index (χ4v) is 4.57. The number of carbonyl (C=O) groups is 2. The Morgan fingerprint density at radius 3 is 2.32 bits per heavy atom. The predicted octanol–water partition coefficient (Wildman–Crippen LogP) is 5.59. The molecule has 1 fully saturated rings. The lowest BCUT2D eigenvalue weighted by Crippen LogP contribution is -2.31. The number of hydrogen-bond donors (Lipinski definition) is 1. The molecule has 3 aromatic rings. The Kier molecular flexibility index (Phi) is 8.41. The van der Waals surface area contributed by atoms with E-state index >= 15 is 0 Å². The van der Waals surface area contributed by atoms with Gasteiger partial charge in [0.2, 0.25) is 0 Å². The van der Waals surface area contributed by atoms with E-state index in [-0.39, 0.29) is 11.3 Å². The summed E-state index contributed by atoms with van der Waals surface area (Å²) < 4.78 is 11.1. The van der Waals surface area contributed by atoms with E-state index in [4.69, 9.17) is 9.47 Å². The molecule has 0 spiro atoms. The summed E-state index contributed by atoms with van der Waals surface area (Å²) in [6.07, 6.45) is 1.46. The van der Waals surface area contributed by atoms with Crippen molar-refractivity contribution in [2.45, 2.75) is 39.3 Å². The van der Waals surface area contributed by atoms with E-state index in [9.17, 15) is 14.7 Å². The molecule has 37 heavy (non-hydrogen) atoms. The van der Waals surface area contributed by atoms with Crippen molar-refractivity contribution in [2.24, 2.45) is 0 Å². The van der Waals surface area contributed by atoms with E-state index in [0.29, 0.717) is 37.5 Å². The molecule has 0 bridgehead atoms. The second-order valence-corrected chi connectivity index (χ2v) is 9.17. The van der Waals surface area contributed by atoms with E-state index in [2.05, 4.69) is 6.92 Å². The number of aliphatic hydroxyl groups excluding tert-OH is 1. The van der Waals surface area contributed by atoms with Crippen molar-refractivity contribution in [1.82, 2.24) is 4.90 Å². The van der Waals surface area contributed by atoms with Crippen LogP contribution >= 0.6 is 0 Å². The second-order valence-electron chi connectivity index (χ2n) is 9.17. The Balaban J connectivity index is 1.64. The SMILES string of the molecule is CCc1ccc(C2C(=C(O)c3ccc(OCc4ccccc4C)cc3)C(=O)C(=O)N2CCCOC)cc1. The van der Waals surface area contributed by atoms with Crippen molar-refractivity contribution < 1.29 is 24.2 Å². The van der Waals surface area contributed by atoms with Crippen LogP contribution in [0.25, 0.3) is 5.76 Å². The highest BCUT2D eigenvalue weighted by Gasteiger charge is 2.45. The highest BCUT2D eigenvalue weighted by atomic mass is 16.5. The Morgan fingerprint density at radius 2 is 1.68 bits per heavy atom. The summed E-state index contributed by atoms with van der Waals surface area (Å²) in [4.78, 5) is 27.7. The first kappa shape index (κ1) is 26.2. The molecule has 4 rings (SSSR count). The molecule has 192 valence electrons. The summed E-state index contributed by atoms with van der Waals surface area (Å²) in [6, 6.07) is 22.1. The van der Waals surface area contributed by atoms with Gasteiger partial charge in [0.25, 0.3) is 11.7 Å². The standard InChI is InChI=1S/C31H33NO5/c1-4-22-10-12-23(13-11-22)28-27(30(34)31(35)32(28)18-7-19-36-3)29(33)24-14-16-26(17-15-24)37-20-25-9-6-5-8-21(25)2/h5-6,8-17,28,33H,4,7,18-20H2,1-3H3. The molecular formula is C31H33NO5. The summed E-state index contributed by atoms with van der Waals surface area (Å²) in [5.41, 5.74) is 4.74. The minimum atomic E-state index is -0.681.